The Labute approximate surface area is 107 Å². The van der Waals surface area contributed by atoms with Crippen molar-refractivity contribution >= 4 is 11.7 Å². The fourth-order valence-electron chi connectivity index (χ4n) is 1.49. The van der Waals surface area contributed by atoms with E-state index in [-0.39, 0.29) is 17.3 Å². The highest BCUT2D eigenvalue weighted by Crippen LogP contribution is 2.31. The highest BCUT2D eigenvalue weighted by molar-refractivity contribution is 5.91. The fourth-order valence-corrected chi connectivity index (χ4v) is 1.49. The molecular weight excluding hydrogens is 259 g/mol. The van der Waals surface area contributed by atoms with Crippen LogP contribution in [0.4, 0.5) is 23.7 Å². The first-order valence-corrected chi connectivity index (χ1v) is 5.59. The van der Waals surface area contributed by atoms with Crippen LogP contribution in [-0.2, 0) is 6.18 Å². The van der Waals surface area contributed by atoms with E-state index in [1.807, 2.05) is 0 Å². The Morgan fingerprint density at radius 1 is 1.37 bits per heavy atom. The Hall–Kier alpha value is -2.23. The van der Waals surface area contributed by atoms with Crippen LogP contribution < -0.4 is 10.6 Å². The average molecular weight is 269 g/mol. The molecule has 0 bridgehead atoms. The number of nitriles is 1. The van der Waals surface area contributed by atoms with E-state index in [1.54, 1.807) is 6.07 Å². The number of benzene rings is 1. The normalized spacial score (nSPS) is 14.6. The molecule has 1 aliphatic carbocycles. The van der Waals surface area contributed by atoms with Gasteiger partial charge in [-0.1, -0.05) is 0 Å². The van der Waals surface area contributed by atoms with Gasteiger partial charge in [0.15, 0.2) is 0 Å². The molecule has 0 atom stereocenters. The van der Waals surface area contributed by atoms with Crippen LogP contribution in [0, 0.1) is 11.3 Å². The lowest BCUT2D eigenvalue weighted by molar-refractivity contribution is -0.137. The maximum atomic E-state index is 12.5. The summed E-state index contributed by atoms with van der Waals surface area (Å²) in [4.78, 5) is 11.5. The van der Waals surface area contributed by atoms with Crippen LogP contribution in [0.5, 0.6) is 0 Å². The minimum atomic E-state index is -4.51. The van der Waals surface area contributed by atoms with E-state index in [9.17, 15) is 18.0 Å². The third-order valence-corrected chi connectivity index (χ3v) is 2.63. The molecule has 7 heteroatoms. The van der Waals surface area contributed by atoms with E-state index in [0.717, 1.165) is 25.0 Å². The number of hydrogen-bond donors (Lipinski definition) is 2. The summed E-state index contributed by atoms with van der Waals surface area (Å²) in [5, 5.41) is 13.8. The quantitative estimate of drug-likeness (QED) is 0.867. The second-order valence-electron chi connectivity index (χ2n) is 4.24. The molecule has 0 heterocycles. The summed E-state index contributed by atoms with van der Waals surface area (Å²) < 4.78 is 37.4. The van der Waals surface area contributed by atoms with Gasteiger partial charge in [-0.2, -0.15) is 18.4 Å². The molecule has 1 fully saturated rings. The zero-order chi connectivity index (χ0) is 14.0. The topological polar surface area (TPSA) is 64.9 Å². The molecule has 19 heavy (non-hydrogen) atoms. The second-order valence-corrected chi connectivity index (χ2v) is 4.24. The van der Waals surface area contributed by atoms with Gasteiger partial charge in [-0.05, 0) is 31.0 Å². The Morgan fingerprint density at radius 3 is 2.58 bits per heavy atom. The monoisotopic (exact) mass is 269 g/mol. The lowest BCUT2D eigenvalue weighted by Gasteiger charge is -2.11. The first kappa shape index (κ1) is 13.2. The van der Waals surface area contributed by atoms with Crippen molar-refractivity contribution in [3.05, 3.63) is 29.3 Å². The lowest BCUT2D eigenvalue weighted by atomic mass is 10.1. The summed E-state index contributed by atoms with van der Waals surface area (Å²) in [7, 11) is 0. The molecule has 2 rings (SSSR count). The van der Waals surface area contributed by atoms with Gasteiger partial charge in [0.1, 0.15) is 6.07 Å². The Bertz CT molecular complexity index is 544. The first-order valence-electron chi connectivity index (χ1n) is 5.59. The standard InChI is InChI=1S/C12H10F3N3O/c13-12(14,15)8-1-4-10(7(5-8)6-16)18-11(19)17-9-2-3-9/h1,4-5,9H,2-3H2,(H2,17,18,19). The summed E-state index contributed by atoms with van der Waals surface area (Å²) in [6.45, 7) is 0. The Balaban J connectivity index is 2.16. The van der Waals surface area contributed by atoms with Crippen LogP contribution in [0.3, 0.4) is 0 Å². The van der Waals surface area contributed by atoms with Gasteiger partial charge in [0.25, 0.3) is 0 Å². The minimum Gasteiger partial charge on any atom is -0.335 e. The van der Waals surface area contributed by atoms with E-state index in [0.29, 0.717) is 6.07 Å². The molecule has 0 radical (unpaired) electrons. The van der Waals surface area contributed by atoms with Crippen molar-refractivity contribution in [3.63, 3.8) is 0 Å². The number of nitrogens with zero attached hydrogens (tertiary/aromatic N) is 1. The van der Waals surface area contributed by atoms with Gasteiger partial charge in [0.05, 0.1) is 16.8 Å². The number of anilines is 1. The van der Waals surface area contributed by atoms with Crippen molar-refractivity contribution in [2.45, 2.75) is 25.1 Å². The molecule has 1 aromatic carbocycles. The molecule has 0 saturated heterocycles. The number of carbonyl (C=O) groups excluding carboxylic acids is 1. The van der Waals surface area contributed by atoms with Gasteiger partial charge in [0, 0.05) is 6.04 Å². The van der Waals surface area contributed by atoms with Gasteiger partial charge in [-0.15, -0.1) is 0 Å². The number of halogens is 3. The number of alkyl halides is 3. The molecule has 2 N–H and O–H groups in total. The minimum absolute atomic E-state index is 0.0636. The lowest BCUT2D eigenvalue weighted by Crippen LogP contribution is -2.30. The van der Waals surface area contributed by atoms with Crippen LogP contribution in [0.2, 0.25) is 0 Å². The summed E-state index contributed by atoms with van der Waals surface area (Å²) in [5.74, 6) is 0. The predicted molar refractivity (Wildman–Crippen MR) is 61.3 cm³/mol. The summed E-state index contributed by atoms with van der Waals surface area (Å²) >= 11 is 0. The third kappa shape index (κ3) is 3.37. The molecule has 1 aromatic rings. The van der Waals surface area contributed by atoms with Gasteiger partial charge < -0.3 is 10.6 Å². The van der Waals surface area contributed by atoms with Crippen molar-refractivity contribution in [1.29, 1.82) is 5.26 Å². The maximum Gasteiger partial charge on any atom is 0.416 e. The molecular formula is C12H10F3N3O. The van der Waals surface area contributed by atoms with Gasteiger partial charge >= 0.3 is 12.2 Å². The summed E-state index contributed by atoms with van der Waals surface area (Å²) in [6, 6.07) is 3.87. The van der Waals surface area contributed by atoms with E-state index < -0.39 is 17.8 Å². The van der Waals surface area contributed by atoms with Gasteiger partial charge in [0.2, 0.25) is 0 Å². The van der Waals surface area contributed by atoms with E-state index in [4.69, 9.17) is 5.26 Å². The summed E-state index contributed by atoms with van der Waals surface area (Å²) in [6.07, 6.45) is -2.72. The van der Waals surface area contributed by atoms with Crippen molar-refractivity contribution < 1.29 is 18.0 Å². The fraction of sp³-hybridized carbons (Fsp3) is 0.333. The first-order chi connectivity index (χ1) is 8.90. The van der Waals surface area contributed by atoms with Gasteiger partial charge in [-0.25, -0.2) is 4.79 Å². The Morgan fingerprint density at radius 2 is 2.05 bits per heavy atom. The van der Waals surface area contributed by atoms with Crippen LogP contribution >= 0.6 is 0 Å². The molecule has 1 aliphatic rings. The smallest absolute Gasteiger partial charge is 0.335 e. The largest absolute Gasteiger partial charge is 0.416 e. The molecule has 1 saturated carbocycles. The zero-order valence-electron chi connectivity index (χ0n) is 9.71. The number of urea groups is 1. The molecule has 0 unspecified atom stereocenters. The van der Waals surface area contributed by atoms with E-state index >= 15 is 0 Å². The number of carbonyl (C=O) groups is 1. The van der Waals surface area contributed by atoms with Crippen LogP contribution in [-0.4, -0.2) is 12.1 Å². The zero-order valence-corrected chi connectivity index (χ0v) is 9.71. The second kappa shape index (κ2) is 4.80. The molecule has 2 amide bonds. The molecule has 100 valence electrons. The number of hydrogen-bond acceptors (Lipinski definition) is 2. The van der Waals surface area contributed by atoms with Crippen LogP contribution in [0.1, 0.15) is 24.0 Å². The van der Waals surface area contributed by atoms with Gasteiger partial charge in [-0.3, -0.25) is 0 Å². The van der Waals surface area contributed by atoms with Crippen molar-refractivity contribution in [1.82, 2.24) is 5.32 Å². The van der Waals surface area contributed by atoms with Crippen LogP contribution in [0.15, 0.2) is 18.2 Å². The molecule has 4 nitrogen and oxygen atoms in total. The number of amides is 2. The SMILES string of the molecule is N#Cc1cc(C(F)(F)F)ccc1NC(=O)NC1CC1. The van der Waals surface area contributed by atoms with E-state index in [2.05, 4.69) is 10.6 Å². The molecule has 0 spiro atoms. The van der Waals surface area contributed by atoms with E-state index in [1.165, 1.54) is 0 Å². The molecule has 0 aliphatic heterocycles. The van der Waals surface area contributed by atoms with Crippen molar-refractivity contribution in [2.75, 3.05) is 5.32 Å². The average Bonchev–Trinajstić information content (AvgIpc) is 3.11. The third-order valence-electron chi connectivity index (χ3n) is 2.63. The Kier molecular flexibility index (Phi) is 3.34. The molecule has 0 aromatic heterocycles. The van der Waals surface area contributed by atoms with Crippen molar-refractivity contribution in [3.8, 4) is 6.07 Å². The predicted octanol–water partition coefficient (Wildman–Crippen LogP) is 2.86. The van der Waals surface area contributed by atoms with Crippen LogP contribution in [0.25, 0.3) is 0 Å². The maximum absolute atomic E-state index is 12.5. The summed E-state index contributed by atoms with van der Waals surface area (Å²) in [5.41, 5.74) is -1.08. The number of rotatable bonds is 2. The highest BCUT2D eigenvalue weighted by Gasteiger charge is 2.31. The highest BCUT2D eigenvalue weighted by atomic mass is 19.4. The van der Waals surface area contributed by atoms with Crippen molar-refractivity contribution in [2.24, 2.45) is 0 Å². The number of nitrogens with one attached hydrogen (secondary N) is 2.